The van der Waals surface area contributed by atoms with Crippen LogP contribution in [-0.2, 0) is 6.54 Å². The fraction of sp³-hybridized carbons (Fsp3) is 0.200. The molecule has 0 amide bonds. The minimum atomic E-state index is 0.165. The normalized spacial score (nSPS) is 11.8. The number of nitrogens with zero attached hydrogens (tertiary/aromatic N) is 2. The molecule has 3 heteroatoms. The Morgan fingerprint density at radius 2 is 2.00 bits per heavy atom. The van der Waals surface area contributed by atoms with Crippen molar-refractivity contribution in [2.24, 2.45) is 0 Å². The van der Waals surface area contributed by atoms with Crippen LogP contribution in [0.2, 0.25) is 0 Å². The van der Waals surface area contributed by atoms with E-state index in [0.29, 0.717) is 6.54 Å². The van der Waals surface area contributed by atoms with Crippen molar-refractivity contribution < 1.29 is 0 Å². The van der Waals surface area contributed by atoms with Gasteiger partial charge in [-0.15, -0.1) is 0 Å². The molecule has 1 heterocycles. The van der Waals surface area contributed by atoms with Gasteiger partial charge in [0.25, 0.3) is 0 Å². The highest BCUT2D eigenvalue weighted by Gasteiger charge is 2.06. The number of nitrogens with one attached hydrogen (secondary N) is 1. The molecule has 0 aliphatic carbocycles. The van der Waals surface area contributed by atoms with Crippen molar-refractivity contribution in [2.45, 2.75) is 19.5 Å². The first-order valence-electron chi connectivity index (χ1n) is 5.93. The van der Waals surface area contributed by atoms with Gasteiger partial charge in [0, 0.05) is 18.8 Å². The van der Waals surface area contributed by atoms with Crippen molar-refractivity contribution in [3.63, 3.8) is 0 Å². The largest absolute Gasteiger partial charge is 0.305 e. The molecule has 0 saturated carbocycles. The Morgan fingerprint density at radius 3 is 2.72 bits per heavy atom. The van der Waals surface area contributed by atoms with Gasteiger partial charge in [0.1, 0.15) is 0 Å². The second-order valence-corrected chi connectivity index (χ2v) is 4.13. The summed E-state index contributed by atoms with van der Waals surface area (Å²) in [6.07, 6.45) is 1.79. The van der Waals surface area contributed by atoms with E-state index >= 15 is 0 Å². The Labute approximate surface area is 107 Å². The van der Waals surface area contributed by atoms with E-state index in [2.05, 4.69) is 23.3 Å². The van der Waals surface area contributed by atoms with Gasteiger partial charge in [0.05, 0.1) is 17.3 Å². The Bertz CT molecular complexity index is 543. The van der Waals surface area contributed by atoms with Crippen LogP contribution in [0.5, 0.6) is 0 Å². The molecule has 0 saturated heterocycles. The lowest BCUT2D eigenvalue weighted by atomic mass is 10.1. The molecule has 18 heavy (non-hydrogen) atoms. The van der Waals surface area contributed by atoms with Crippen LogP contribution in [0, 0.1) is 11.3 Å². The van der Waals surface area contributed by atoms with Crippen molar-refractivity contribution in [1.82, 2.24) is 10.3 Å². The van der Waals surface area contributed by atoms with E-state index in [1.54, 1.807) is 6.20 Å². The quantitative estimate of drug-likeness (QED) is 0.889. The molecule has 0 fully saturated rings. The maximum absolute atomic E-state index is 9.01. The third-order valence-electron chi connectivity index (χ3n) is 2.87. The van der Waals surface area contributed by atoms with E-state index in [-0.39, 0.29) is 6.04 Å². The summed E-state index contributed by atoms with van der Waals surface area (Å²) < 4.78 is 0. The first-order valence-corrected chi connectivity index (χ1v) is 5.93. The molecule has 90 valence electrons. The van der Waals surface area contributed by atoms with E-state index in [9.17, 15) is 0 Å². The van der Waals surface area contributed by atoms with Gasteiger partial charge < -0.3 is 5.32 Å². The van der Waals surface area contributed by atoms with Crippen LogP contribution in [-0.4, -0.2) is 4.98 Å². The summed E-state index contributed by atoms with van der Waals surface area (Å²) in [4.78, 5) is 4.31. The third-order valence-corrected chi connectivity index (χ3v) is 2.87. The zero-order valence-electron chi connectivity index (χ0n) is 10.3. The van der Waals surface area contributed by atoms with Crippen LogP contribution in [0.25, 0.3) is 0 Å². The van der Waals surface area contributed by atoms with Gasteiger partial charge in [0.2, 0.25) is 0 Å². The number of hydrogen-bond donors (Lipinski definition) is 1. The molecule has 2 aromatic rings. The van der Waals surface area contributed by atoms with E-state index < -0.39 is 0 Å². The Hall–Kier alpha value is -2.18. The molecule has 0 aliphatic heterocycles. The lowest BCUT2D eigenvalue weighted by molar-refractivity contribution is 0.561. The maximum Gasteiger partial charge on any atom is 0.0995 e. The molecule has 1 atom stereocenters. The molecule has 0 spiro atoms. The second kappa shape index (κ2) is 5.95. The predicted molar refractivity (Wildman–Crippen MR) is 70.6 cm³/mol. The average Bonchev–Trinajstić information content (AvgIpc) is 2.46. The van der Waals surface area contributed by atoms with Gasteiger partial charge in [-0.25, -0.2) is 0 Å². The predicted octanol–water partition coefficient (Wildman–Crippen LogP) is 2.80. The monoisotopic (exact) mass is 237 g/mol. The molecule has 2 rings (SSSR count). The number of aromatic nitrogens is 1. The minimum absolute atomic E-state index is 0.165. The van der Waals surface area contributed by atoms with Crippen molar-refractivity contribution in [3.05, 3.63) is 65.5 Å². The molecule has 0 unspecified atom stereocenters. The third kappa shape index (κ3) is 2.93. The van der Waals surface area contributed by atoms with Gasteiger partial charge in [-0.05, 0) is 30.7 Å². The van der Waals surface area contributed by atoms with E-state index in [0.717, 1.165) is 16.8 Å². The Balaban J connectivity index is 2.02. The summed E-state index contributed by atoms with van der Waals surface area (Å²) >= 11 is 0. The standard InChI is InChI=1S/C15H15N3/c1-12(15-8-4-5-9-17-15)18-11-14-7-3-2-6-13(14)10-16/h2-9,12,18H,11H2,1H3/t12-/m0/s1. The number of pyridine rings is 1. The average molecular weight is 237 g/mol. The summed E-state index contributed by atoms with van der Waals surface area (Å²) in [7, 11) is 0. The first kappa shape index (κ1) is 12.3. The lowest BCUT2D eigenvalue weighted by Crippen LogP contribution is -2.19. The van der Waals surface area contributed by atoms with Crippen LogP contribution in [0.1, 0.15) is 29.8 Å². The minimum Gasteiger partial charge on any atom is -0.305 e. The van der Waals surface area contributed by atoms with E-state index in [4.69, 9.17) is 5.26 Å². The van der Waals surface area contributed by atoms with Gasteiger partial charge in [-0.1, -0.05) is 24.3 Å². The smallest absolute Gasteiger partial charge is 0.0995 e. The molecule has 1 aromatic carbocycles. The summed E-state index contributed by atoms with van der Waals surface area (Å²) in [5.41, 5.74) is 2.74. The van der Waals surface area contributed by atoms with Crippen LogP contribution in [0.4, 0.5) is 0 Å². The van der Waals surface area contributed by atoms with E-state index in [1.807, 2.05) is 42.5 Å². The fourth-order valence-corrected chi connectivity index (χ4v) is 1.78. The van der Waals surface area contributed by atoms with Crippen LogP contribution in [0.15, 0.2) is 48.7 Å². The SMILES string of the molecule is C[C@H](NCc1ccccc1C#N)c1ccccn1. The van der Waals surface area contributed by atoms with Gasteiger partial charge in [-0.3, -0.25) is 4.98 Å². The van der Waals surface area contributed by atoms with Gasteiger partial charge in [-0.2, -0.15) is 5.26 Å². The molecule has 0 aliphatic rings. The molecule has 3 nitrogen and oxygen atoms in total. The molecule has 0 radical (unpaired) electrons. The Kier molecular flexibility index (Phi) is 4.06. The maximum atomic E-state index is 9.01. The van der Waals surface area contributed by atoms with E-state index in [1.165, 1.54) is 0 Å². The van der Waals surface area contributed by atoms with Crippen LogP contribution >= 0.6 is 0 Å². The number of nitriles is 1. The summed E-state index contributed by atoms with van der Waals surface area (Å²) in [5, 5.41) is 12.4. The van der Waals surface area contributed by atoms with Crippen LogP contribution in [0.3, 0.4) is 0 Å². The number of rotatable bonds is 4. The molecular formula is C15H15N3. The molecular weight excluding hydrogens is 222 g/mol. The highest BCUT2D eigenvalue weighted by Crippen LogP contribution is 2.11. The fourth-order valence-electron chi connectivity index (χ4n) is 1.78. The highest BCUT2D eigenvalue weighted by atomic mass is 14.9. The number of hydrogen-bond acceptors (Lipinski definition) is 3. The van der Waals surface area contributed by atoms with Gasteiger partial charge >= 0.3 is 0 Å². The Morgan fingerprint density at radius 1 is 1.22 bits per heavy atom. The van der Waals surface area contributed by atoms with Crippen molar-refractivity contribution >= 4 is 0 Å². The van der Waals surface area contributed by atoms with Crippen molar-refractivity contribution in [2.75, 3.05) is 0 Å². The molecule has 1 aromatic heterocycles. The van der Waals surface area contributed by atoms with Crippen molar-refractivity contribution in [3.8, 4) is 6.07 Å². The van der Waals surface area contributed by atoms with Crippen molar-refractivity contribution in [1.29, 1.82) is 5.26 Å². The van der Waals surface area contributed by atoms with Gasteiger partial charge in [0.15, 0.2) is 0 Å². The molecule has 0 bridgehead atoms. The summed E-state index contributed by atoms with van der Waals surface area (Å²) in [6, 6.07) is 15.9. The lowest BCUT2D eigenvalue weighted by Gasteiger charge is -2.13. The zero-order valence-corrected chi connectivity index (χ0v) is 10.3. The number of benzene rings is 1. The second-order valence-electron chi connectivity index (χ2n) is 4.13. The summed E-state index contributed by atoms with van der Waals surface area (Å²) in [5.74, 6) is 0. The zero-order chi connectivity index (χ0) is 12.8. The molecule has 1 N–H and O–H groups in total. The first-order chi connectivity index (χ1) is 8.81. The van der Waals surface area contributed by atoms with Crippen LogP contribution < -0.4 is 5.32 Å². The topological polar surface area (TPSA) is 48.7 Å². The highest BCUT2D eigenvalue weighted by molar-refractivity contribution is 5.37. The summed E-state index contributed by atoms with van der Waals surface area (Å²) in [6.45, 7) is 2.73.